The first-order valence-electron chi connectivity index (χ1n) is 8.57. The highest BCUT2D eigenvalue weighted by atomic mass is 35.5. The number of sulfone groups is 1. The van der Waals surface area contributed by atoms with E-state index in [1.54, 1.807) is 7.05 Å². The minimum atomic E-state index is -4.04. The van der Waals surface area contributed by atoms with Crippen LogP contribution in [0.3, 0.4) is 0 Å². The summed E-state index contributed by atoms with van der Waals surface area (Å²) in [6.07, 6.45) is 0.659. The molecule has 0 saturated heterocycles. The number of rotatable bonds is 6. The molecule has 0 fully saturated rings. The number of aromatic nitrogens is 3. The predicted octanol–water partition coefficient (Wildman–Crippen LogP) is 2.81. The number of hydrogen-bond acceptors (Lipinski definition) is 6. The first kappa shape index (κ1) is 20.5. The summed E-state index contributed by atoms with van der Waals surface area (Å²) in [4.78, 5) is 6.39. The predicted molar refractivity (Wildman–Crippen MR) is 106 cm³/mol. The summed E-state index contributed by atoms with van der Waals surface area (Å²) in [5.41, 5.74) is 1.74. The van der Waals surface area contributed by atoms with Crippen molar-refractivity contribution in [1.29, 1.82) is 0 Å². The zero-order valence-corrected chi connectivity index (χ0v) is 17.6. The Bertz CT molecular complexity index is 1140. The van der Waals surface area contributed by atoms with Crippen molar-refractivity contribution in [2.75, 3.05) is 33.0 Å². The smallest absolute Gasteiger partial charge is 0.214 e. The number of nitrogens with zero attached hydrogens (tertiary/aromatic N) is 4. The lowest BCUT2D eigenvalue weighted by molar-refractivity contribution is 0.411. The molecule has 0 aliphatic rings. The molecule has 28 heavy (non-hydrogen) atoms. The van der Waals surface area contributed by atoms with E-state index in [-0.39, 0.29) is 26.3 Å². The van der Waals surface area contributed by atoms with Gasteiger partial charge in [-0.05, 0) is 45.3 Å². The molecule has 0 atom stereocenters. The molecule has 0 aliphatic carbocycles. The number of nitrogens with one attached hydrogen (secondary N) is 1. The van der Waals surface area contributed by atoms with Gasteiger partial charge in [-0.25, -0.2) is 22.3 Å². The van der Waals surface area contributed by atoms with Crippen molar-refractivity contribution in [3.8, 4) is 0 Å². The fraction of sp³-hybridized carbons (Fsp3) is 0.333. The quantitative estimate of drug-likeness (QED) is 0.612. The highest BCUT2D eigenvalue weighted by molar-refractivity contribution is 7.91. The first-order chi connectivity index (χ1) is 13.1. The second-order valence-corrected chi connectivity index (χ2v) is 8.98. The summed E-state index contributed by atoms with van der Waals surface area (Å²) in [7, 11) is 1.46. The van der Waals surface area contributed by atoms with Crippen molar-refractivity contribution < 1.29 is 12.8 Å². The van der Waals surface area contributed by atoms with Crippen LogP contribution >= 0.6 is 11.6 Å². The molecule has 2 aromatic heterocycles. The van der Waals surface area contributed by atoms with E-state index in [0.717, 1.165) is 30.1 Å². The van der Waals surface area contributed by atoms with Crippen LogP contribution in [0.2, 0.25) is 5.02 Å². The average molecular weight is 426 g/mol. The highest BCUT2D eigenvalue weighted by Gasteiger charge is 2.29. The van der Waals surface area contributed by atoms with Gasteiger partial charge in [0.15, 0.2) is 16.4 Å². The van der Waals surface area contributed by atoms with Gasteiger partial charge in [0.05, 0.1) is 9.92 Å². The molecule has 0 radical (unpaired) electrons. The van der Waals surface area contributed by atoms with Crippen molar-refractivity contribution in [2.24, 2.45) is 0 Å². The van der Waals surface area contributed by atoms with Gasteiger partial charge in [-0.3, -0.25) is 0 Å². The maximum absolute atomic E-state index is 13.5. The van der Waals surface area contributed by atoms with E-state index in [1.807, 2.05) is 32.0 Å². The van der Waals surface area contributed by atoms with E-state index in [0.29, 0.717) is 6.42 Å². The Kier molecular flexibility index (Phi) is 5.60. The number of likely N-dealkylation sites (N-methyl/N-ethyl adjacent to an activating group) is 1. The minimum Gasteiger partial charge on any atom is -0.370 e. The van der Waals surface area contributed by atoms with E-state index in [9.17, 15) is 12.8 Å². The Balaban J connectivity index is 2.24. The van der Waals surface area contributed by atoms with Gasteiger partial charge in [0, 0.05) is 31.4 Å². The lowest BCUT2D eigenvalue weighted by Crippen LogP contribution is -2.16. The van der Waals surface area contributed by atoms with Crippen LogP contribution in [0.25, 0.3) is 5.65 Å². The standard InChI is InChI=1S/C18H21ClFN5O2S/c1-11-9-12(7-8-24(3)4)22-18-16(17(21-2)23-25(11)18)28(26,27)13-5-6-15(20)14(19)10-13/h5-6,9-10H,7-8H2,1-4H3,(H,21,23). The molecule has 10 heteroatoms. The van der Waals surface area contributed by atoms with Gasteiger partial charge in [-0.1, -0.05) is 11.6 Å². The maximum atomic E-state index is 13.5. The van der Waals surface area contributed by atoms with E-state index in [4.69, 9.17) is 11.6 Å². The molecule has 0 amide bonds. The molecule has 0 spiro atoms. The van der Waals surface area contributed by atoms with Gasteiger partial charge in [0.2, 0.25) is 9.84 Å². The van der Waals surface area contributed by atoms with Crippen molar-refractivity contribution in [3.05, 3.63) is 46.5 Å². The Morgan fingerprint density at radius 3 is 2.61 bits per heavy atom. The Hall–Kier alpha value is -2.23. The largest absolute Gasteiger partial charge is 0.370 e. The molecule has 1 aromatic carbocycles. The second kappa shape index (κ2) is 7.65. The van der Waals surface area contributed by atoms with Crippen LogP contribution in [-0.4, -0.2) is 55.6 Å². The van der Waals surface area contributed by atoms with Crippen LogP contribution in [-0.2, 0) is 16.3 Å². The van der Waals surface area contributed by atoms with Gasteiger partial charge in [-0.15, -0.1) is 5.10 Å². The molecular formula is C18H21ClFN5O2S. The third kappa shape index (κ3) is 3.69. The summed E-state index contributed by atoms with van der Waals surface area (Å²) >= 11 is 5.80. The molecule has 0 unspecified atom stereocenters. The third-order valence-corrected chi connectivity index (χ3v) is 6.38. The highest BCUT2D eigenvalue weighted by Crippen LogP contribution is 2.32. The van der Waals surface area contributed by atoms with Crippen LogP contribution in [0.1, 0.15) is 11.4 Å². The van der Waals surface area contributed by atoms with Gasteiger partial charge < -0.3 is 10.2 Å². The Morgan fingerprint density at radius 1 is 1.29 bits per heavy atom. The van der Waals surface area contributed by atoms with E-state index in [1.165, 1.54) is 10.6 Å². The van der Waals surface area contributed by atoms with E-state index >= 15 is 0 Å². The molecular weight excluding hydrogens is 405 g/mol. The normalized spacial score (nSPS) is 12.1. The summed E-state index contributed by atoms with van der Waals surface area (Å²) in [6.45, 7) is 2.61. The molecule has 1 N–H and O–H groups in total. The first-order valence-corrected chi connectivity index (χ1v) is 10.4. The molecule has 0 saturated carbocycles. The number of benzene rings is 1. The van der Waals surface area contributed by atoms with Crippen LogP contribution < -0.4 is 5.32 Å². The van der Waals surface area contributed by atoms with Gasteiger partial charge in [-0.2, -0.15) is 0 Å². The van der Waals surface area contributed by atoms with Gasteiger partial charge in [0.25, 0.3) is 0 Å². The van der Waals surface area contributed by atoms with Crippen molar-refractivity contribution in [1.82, 2.24) is 19.5 Å². The van der Waals surface area contributed by atoms with Crippen LogP contribution in [0.4, 0.5) is 10.2 Å². The van der Waals surface area contributed by atoms with Crippen molar-refractivity contribution in [3.63, 3.8) is 0 Å². The Labute approximate surface area is 168 Å². The van der Waals surface area contributed by atoms with E-state index in [2.05, 4.69) is 15.4 Å². The van der Waals surface area contributed by atoms with Crippen LogP contribution in [0, 0.1) is 12.7 Å². The maximum Gasteiger partial charge on any atom is 0.214 e. The van der Waals surface area contributed by atoms with Crippen LogP contribution in [0.5, 0.6) is 0 Å². The number of anilines is 1. The average Bonchev–Trinajstić information content (AvgIpc) is 3.02. The minimum absolute atomic E-state index is 0.0625. The molecule has 0 aliphatic heterocycles. The van der Waals surface area contributed by atoms with E-state index < -0.39 is 15.7 Å². The Morgan fingerprint density at radius 2 is 2.00 bits per heavy atom. The summed E-state index contributed by atoms with van der Waals surface area (Å²) in [6, 6.07) is 5.19. The zero-order chi connectivity index (χ0) is 20.6. The fourth-order valence-electron chi connectivity index (χ4n) is 2.85. The summed E-state index contributed by atoms with van der Waals surface area (Å²) in [5, 5.41) is 6.90. The SMILES string of the molecule is CNc1nn2c(C)cc(CCN(C)C)nc2c1S(=O)(=O)c1ccc(F)c(Cl)c1. The lowest BCUT2D eigenvalue weighted by atomic mass is 10.2. The monoisotopic (exact) mass is 425 g/mol. The molecule has 3 rings (SSSR count). The molecule has 150 valence electrons. The van der Waals surface area contributed by atoms with Gasteiger partial charge in [0.1, 0.15) is 5.82 Å². The van der Waals surface area contributed by atoms with Crippen molar-refractivity contribution >= 4 is 32.9 Å². The molecule has 2 heterocycles. The summed E-state index contributed by atoms with van der Waals surface area (Å²) < 4.78 is 41.6. The second-order valence-electron chi connectivity index (χ2n) is 6.68. The fourth-order valence-corrected chi connectivity index (χ4v) is 4.62. The molecule has 0 bridgehead atoms. The molecule has 7 nitrogen and oxygen atoms in total. The van der Waals surface area contributed by atoms with Gasteiger partial charge >= 0.3 is 0 Å². The number of fused-ring (bicyclic) bond motifs is 1. The van der Waals surface area contributed by atoms with Crippen LogP contribution in [0.15, 0.2) is 34.1 Å². The lowest BCUT2D eigenvalue weighted by Gasteiger charge is -2.10. The topological polar surface area (TPSA) is 79.6 Å². The zero-order valence-electron chi connectivity index (χ0n) is 16.0. The number of halogens is 2. The molecule has 3 aromatic rings. The number of aryl methyl sites for hydroxylation is 1. The third-order valence-electron chi connectivity index (χ3n) is 4.30. The summed E-state index contributed by atoms with van der Waals surface area (Å²) in [5.74, 6) is -0.518. The number of hydrogen-bond donors (Lipinski definition) is 1. The van der Waals surface area contributed by atoms with Crippen molar-refractivity contribution in [2.45, 2.75) is 23.1 Å².